The number of aliphatic carboxylic acids is 1. The van der Waals surface area contributed by atoms with Gasteiger partial charge >= 0.3 is 5.97 Å². The van der Waals surface area contributed by atoms with Gasteiger partial charge in [-0.2, -0.15) is 0 Å². The highest BCUT2D eigenvalue weighted by Crippen LogP contribution is 2.26. The number of fused-ring (bicyclic) bond motifs is 2. The Bertz CT molecular complexity index is 191. The van der Waals surface area contributed by atoms with Crippen LogP contribution in [-0.2, 0) is 14.3 Å². The van der Waals surface area contributed by atoms with Crippen LogP contribution in [0.25, 0.3) is 0 Å². The molecule has 2 rings (SSSR count). The van der Waals surface area contributed by atoms with Crippen LogP contribution in [0.15, 0.2) is 0 Å². The zero-order chi connectivity index (χ0) is 7.90. The number of nitrogens with one attached hydrogen (secondary N) is 1. The van der Waals surface area contributed by atoms with Gasteiger partial charge in [0.15, 0.2) is 0 Å². The summed E-state index contributed by atoms with van der Waals surface area (Å²) >= 11 is 0. The molecule has 0 radical (unpaired) electrons. The largest absolute Gasteiger partial charge is 0.477 e. The lowest BCUT2D eigenvalue weighted by Crippen LogP contribution is -2.53. The molecule has 5 nitrogen and oxygen atoms in total. The first-order chi connectivity index (χ1) is 5.23. The summed E-state index contributed by atoms with van der Waals surface area (Å²) in [6.07, 6.45) is -0.0974. The summed E-state index contributed by atoms with van der Waals surface area (Å²) in [5, 5.41) is 11.7. The molecule has 2 heterocycles. The molecular formula is C6H9NO4. The minimum absolute atomic E-state index is 0.0974. The summed E-state index contributed by atoms with van der Waals surface area (Å²) in [5.41, 5.74) is 0. The van der Waals surface area contributed by atoms with Crippen LogP contribution >= 0.6 is 0 Å². The fourth-order valence-corrected chi connectivity index (χ4v) is 1.34. The number of hydrogen-bond donors (Lipinski definition) is 2. The van der Waals surface area contributed by atoms with Gasteiger partial charge in [-0.05, 0) is 0 Å². The molecule has 2 fully saturated rings. The van der Waals surface area contributed by atoms with Gasteiger partial charge in [-0.3, -0.25) is 0 Å². The zero-order valence-corrected chi connectivity index (χ0v) is 5.87. The SMILES string of the molecule is O=C(O)[C@@]12CNC[C@@H](CO1)O2. The second-order valence-electron chi connectivity index (χ2n) is 2.74. The Kier molecular flexibility index (Phi) is 1.38. The van der Waals surface area contributed by atoms with Crippen molar-refractivity contribution in [1.82, 2.24) is 5.32 Å². The lowest BCUT2D eigenvalue weighted by molar-refractivity contribution is -0.209. The first-order valence-corrected chi connectivity index (χ1v) is 3.49. The molecule has 5 heteroatoms. The Morgan fingerprint density at radius 1 is 1.73 bits per heavy atom. The normalized spacial score (nSPS) is 42.4. The Morgan fingerprint density at radius 2 is 2.55 bits per heavy atom. The molecule has 2 bridgehead atoms. The van der Waals surface area contributed by atoms with Crippen molar-refractivity contribution in [2.45, 2.75) is 11.9 Å². The predicted molar refractivity (Wildman–Crippen MR) is 34.1 cm³/mol. The summed E-state index contributed by atoms with van der Waals surface area (Å²) in [5.74, 6) is -2.45. The monoisotopic (exact) mass is 159 g/mol. The number of carboxylic acid groups (broad SMARTS) is 1. The second-order valence-corrected chi connectivity index (χ2v) is 2.74. The molecule has 0 unspecified atom stereocenters. The lowest BCUT2D eigenvalue weighted by atomic mass is 10.2. The average Bonchev–Trinajstić information content (AvgIpc) is 2.29. The van der Waals surface area contributed by atoms with Crippen LogP contribution in [-0.4, -0.2) is 42.7 Å². The third-order valence-corrected chi connectivity index (χ3v) is 1.92. The van der Waals surface area contributed by atoms with Crippen LogP contribution in [0.3, 0.4) is 0 Å². The van der Waals surface area contributed by atoms with Gasteiger partial charge in [-0.15, -0.1) is 0 Å². The van der Waals surface area contributed by atoms with Crippen LogP contribution in [0, 0.1) is 0 Å². The number of ether oxygens (including phenoxy) is 2. The molecular weight excluding hydrogens is 150 g/mol. The minimum Gasteiger partial charge on any atom is -0.477 e. The van der Waals surface area contributed by atoms with Gasteiger partial charge < -0.3 is 19.9 Å². The van der Waals surface area contributed by atoms with E-state index in [4.69, 9.17) is 14.6 Å². The molecule has 0 aromatic carbocycles. The summed E-state index contributed by atoms with van der Waals surface area (Å²) in [4.78, 5) is 10.6. The van der Waals surface area contributed by atoms with E-state index in [1.165, 1.54) is 0 Å². The van der Waals surface area contributed by atoms with Crippen LogP contribution in [0.5, 0.6) is 0 Å². The first kappa shape index (κ1) is 7.02. The van der Waals surface area contributed by atoms with E-state index in [9.17, 15) is 4.79 Å². The summed E-state index contributed by atoms with van der Waals surface area (Å²) in [6.45, 7) is 1.28. The number of carbonyl (C=O) groups is 1. The highest BCUT2D eigenvalue weighted by Gasteiger charge is 2.51. The van der Waals surface area contributed by atoms with E-state index in [2.05, 4.69) is 5.32 Å². The van der Waals surface area contributed by atoms with Gasteiger partial charge in [0.2, 0.25) is 0 Å². The Labute approximate surface area is 63.3 Å². The fraction of sp³-hybridized carbons (Fsp3) is 0.833. The maximum Gasteiger partial charge on any atom is 0.365 e. The van der Waals surface area contributed by atoms with Gasteiger partial charge in [0.1, 0.15) is 0 Å². The lowest BCUT2D eigenvalue weighted by Gasteiger charge is -2.27. The molecule has 0 aliphatic carbocycles. The van der Waals surface area contributed by atoms with Gasteiger partial charge in [-0.25, -0.2) is 4.79 Å². The molecule has 0 aromatic heterocycles. The number of carboxylic acids is 1. The molecule has 2 aliphatic heterocycles. The number of hydrogen-bond acceptors (Lipinski definition) is 4. The molecule has 2 aliphatic rings. The third-order valence-electron chi connectivity index (χ3n) is 1.92. The topological polar surface area (TPSA) is 67.8 Å². The van der Waals surface area contributed by atoms with Gasteiger partial charge in [0, 0.05) is 6.54 Å². The van der Waals surface area contributed by atoms with Crippen molar-refractivity contribution < 1.29 is 19.4 Å². The van der Waals surface area contributed by atoms with Crippen LogP contribution in [0.4, 0.5) is 0 Å². The summed E-state index contributed by atoms with van der Waals surface area (Å²) in [6, 6.07) is 0. The average molecular weight is 159 g/mol. The first-order valence-electron chi connectivity index (χ1n) is 3.49. The van der Waals surface area contributed by atoms with Crippen molar-refractivity contribution in [2.75, 3.05) is 19.7 Å². The standard InChI is InChI=1S/C6H9NO4/c8-5(9)6-3-7-1-4(11-6)2-10-6/h4,7H,1-3H2,(H,8,9)/t4-,6-/m0/s1. The summed E-state index contributed by atoms with van der Waals surface area (Å²) in [7, 11) is 0. The smallest absolute Gasteiger partial charge is 0.365 e. The molecule has 0 amide bonds. The number of morpholine rings is 1. The maximum absolute atomic E-state index is 10.6. The third kappa shape index (κ3) is 0.926. The molecule has 62 valence electrons. The van der Waals surface area contributed by atoms with Crippen LogP contribution < -0.4 is 5.32 Å². The molecule has 11 heavy (non-hydrogen) atoms. The Balaban J connectivity index is 2.19. The molecule has 0 aromatic rings. The van der Waals surface area contributed by atoms with E-state index in [1.54, 1.807) is 0 Å². The van der Waals surface area contributed by atoms with Gasteiger partial charge in [0.05, 0.1) is 19.3 Å². The fourth-order valence-electron chi connectivity index (χ4n) is 1.34. The molecule has 2 atom stereocenters. The highest BCUT2D eigenvalue weighted by molar-refractivity contribution is 5.76. The highest BCUT2D eigenvalue weighted by atomic mass is 16.8. The molecule has 2 N–H and O–H groups in total. The Morgan fingerprint density at radius 3 is 3.18 bits per heavy atom. The van der Waals surface area contributed by atoms with E-state index in [-0.39, 0.29) is 12.6 Å². The minimum atomic E-state index is -1.40. The van der Waals surface area contributed by atoms with Crippen molar-refractivity contribution >= 4 is 5.97 Å². The number of rotatable bonds is 1. The predicted octanol–water partition coefficient (Wildman–Crippen LogP) is -1.21. The maximum atomic E-state index is 10.6. The molecule has 0 spiro atoms. The zero-order valence-electron chi connectivity index (χ0n) is 5.87. The van der Waals surface area contributed by atoms with Crippen LogP contribution in [0.1, 0.15) is 0 Å². The van der Waals surface area contributed by atoms with Crippen molar-refractivity contribution in [1.29, 1.82) is 0 Å². The van der Waals surface area contributed by atoms with Crippen molar-refractivity contribution in [3.63, 3.8) is 0 Å². The van der Waals surface area contributed by atoms with E-state index < -0.39 is 11.8 Å². The van der Waals surface area contributed by atoms with Crippen molar-refractivity contribution in [2.24, 2.45) is 0 Å². The quantitative estimate of drug-likeness (QED) is 0.502. The van der Waals surface area contributed by atoms with Gasteiger partial charge in [0.25, 0.3) is 5.79 Å². The van der Waals surface area contributed by atoms with Crippen molar-refractivity contribution in [3.8, 4) is 0 Å². The summed E-state index contributed by atoms with van der Waals surface area (Å²) < 4.78 is 10.2. The van der Waals surface area contributed by atoms with E-state index in [0.29, 0.717) is 13.2 Å². The second kappa shape index (κ2) is 2.17. The van der Waals surface area contributed by atoms with Crippen molar-refractivity contribution in [3.05, 3.63) is 0 Å². The van der Waals surface area contributed by atoms with Gasteiger partial charge in [-0.1, -0.05) is 0 Å². The van der Waals surface area contributed by atoms with Crippen LogP contribution in [0.2, 0.25) is 0 Å². The van der Waals surface area contributed by atoms with E-state index in [1.807, 2.05) is 0 Å². The molecule has 2 saturated heterocycles. The van der Waals surface area contributed by atoms with E-state index >= 15 is 0 Å². The molecule has 0 saturated carbocycles. The van der Waals surface area contributed by atoms with E-state index in [0.717, 1.165) is 0 Å². The Hall–Kier alpha value is -0.650.